The fourth-order valence-corrected chi connectivity index (χ4v) is 6.13. The predicted octanol–water partition coefficient (Wildman–Crippen LogP) is 6.33. The van der Waals surface area contributed by atoms with Crippen molar-refractivity contribution in [3.05, 3.63) is 23.7 Å². The lowest BCUT2D eigenvalue weighted by molar-refractivity contribution is -0.170. The first-order valence-corrected chi connectivity index (χ1v) is 14.7. The summed E-state index contributed by atoms with van der Waals surface area (Å²) in [6.07, 6.45) is 11.3. The van der Waals surface area contributed by atoms with E-state index in [2.05, 4.69) is 25.3 Å². The molecule has 7 heteroatoms. The second kappa shape index (κ2) is 14.4. The highest BCUT2D eigenvalue weighted by molar-refractivity contribution is 5.84. The van der Waals surface area contributed by atoms with E-state index in [-0.39, 0.29) is 18.0 Å². The lowest BCUT2D eigenvalue weighted by atomic mass is 9.84. The molecule has 212 valence electrons. The summed E-state index contributed by atoms with van der Waals surface area (Å²) < 4.78 is 29.5. The summed E-state index contributed by atoms with van der Waals surface area (Å²) in [5.74, 6) is 6.81. The minimum Gasteiger partial charge on any atom is -0.475 e. The lowest BCUT2D eigenvalue weighted by Crippen LogP contribution is -2.28. The molecular formula is C31H46O7. The molecule has 0 aromatic heterocycles. The van der Waals surface area contributed by atoms with Crippen LogP contribution in [0.4, 0.5) is 0 Å². The van der Waals surface area contributed by atoms with E-state index in [1.54, 1.807) is 0 Å². The van der Waals surface area contributed by atoms with Gasteiger partial charge in [-0.05, 0) is 76.5 Å². The van der Waals surface area contributed by atoms with Crippen LogP contribution in [0.1, 0.15) is 97.3 Å². The minimum absolute atomic E-state index is 0.0779. The molecule has 0 bridgehead atoms. The third kappa shape index (κ3) is 8.49. The van der Waals surface area contributed by atoms with Crippen molar-refractivity contribution in [2.75, 3.05) is 13.2 Å². The molecule has 7 atom stereocenters. The number of ether oxygens (including phenoxy) is 5. The molecule has 4 fully saturated rings. The Morgan fingerprint density at radius 2 is 1.79 bits per heavy atom. The van der Waals surface area contributed by atoms with Crippen LogP contribution in [0.5, 0.6) is 0 Å². The van der Waals surface area contributed by atoms with Crippen molar-refractivity contribution in [2.45, 2.75) is 122 Å². The fourth-order valence-electron chi connectivity index (χ4n) is 6.13. The van der Waals surface area contributed by atoms with E-state index in [0.717, 1.165) is 51.4 Å². The Morgan fingerprint density at radius 3 is 2.42 bits per heavy atom. The van der Waals surface area contributed by atoms with Gasteiger partial charge in [0, 0.05) is 25.2 Å². The van der Waals surface area contributed by atoms with Gasteiger partial charge in [-0.1, -0.05) is 25.5 Å². The van der Waals surface area contributed by atoms with Crippen molar-refractivity contribution < 1.29 is 33.6 Å². The molecule has 3 heterocycles. The first-order valence-electron chi connectivity index (χ1n) is 14.7. The highest BCUT2D eigenvalue weighted by atomic mass is 16.7. The van der Waals surface area contributed by atoms with E-state index in [1.165, 1.54) is 24.8 Å². The van der Waals surface area contributed by atoms with E-state index in [4.69, 9.17) is 23.7 Å². The average Bonchev–Trinajstić information content (AvgIpc) is 3.56. The van der Waals surface area contributed by atoms with E-state index >= 15 is 0 Å². The number of aliphatic carboxylic acids is 1. The topological polar surface area (TPSA) is 86.8 Å². The van der Waals surface area contributed by atoms with Gasteiger partial charge in [-0.15, -0.1) is 11.8 Å². The third-order valence-corrected chi connectivity index (χ3v) is 8.34. The Kier molecular flexibility index (Phi) is 11.0. The molecule has 3 saturated heterocycles. The quantitative estimate of drug-likeness (QED) is 0.0979. The molecule has 0 radical (unpaired) electrons. The molecule has 1 N–H and O–H groups in total. The van der Waals surface area contributed by atoms with Gasteiger partial charge < -0.3 is 28.8 Å². The van der Waals surface area contributed by atoms with Gasteiger partial charge in [0.2, 0.25) is 5.76 Å². The highest BCUT2D eigenvalue weighted by Gasteiger charge is 2.45. The molecule has 4 rings (SSSR count). The van der Waals surface area contributed by atoms with Crippen LogP contribution >= 0.6 is 0 Å². The maximum absolute atomic E-state index is 12.3. The van der Waals surface area contributed by atoms with Crippen LogP contribution in [-0.4, -0.2) is 49.1 Å². The van der Waals surface area contributed by atoms with Crippen LogP contribution in [0.3, 0.4) is 0 Å². The first-order chi connectivity index (χ1) is 18.4. The van der Waals surface area contributed by atoms with Gasteiger partial charge in [0.15, 0.2) is 18.3 Å². The van der Waals surface area contributed by atoms with Crippen LogP contribution in [-0.2, 0) is 28.5 Å². The smallest absolute Gasteiger partial charge is 0.374 e. The molecule has 0 aromatic rings. The van der Waals surface area contributed by atoms with Crippen molar-refractivity contribution in [1.29, 1.82) is 0 Å². The molecule has 1 saturated carbocycles. The Labute approximate surface area is 228 Å². The number of allylic oxidation sites excluding steroid dienone is 1. The molecule has 3 aliphatic heterocycles. The fraction of sp³-hybridized carbons (Fsp3) is 0.774. The monoisotopic (exact) mass is 530 g/mol. The van der Waals surface area contributed by atoms with Crippen LogP contribution in [0.2, 0.25) is 0 Å². The summed E-state index contributed by atoms with van der Waals surface area (Å²) >= 11 is 0. The third-order valence-electron chi connectivity index (χ3n) is 8.34. The zero-order valence-electron chi connectivity index (χ0n) is 23.3. The number of carboxylic acids is 1. The van der Waals surface area contributed by atoms with Crippen molar-refractivity contribution in [1.82, 2.24) is 0 Å². The Balaban J connectivity index is 1.37. The largest absolute Gasteiger partial charge is 0.475 e. The van der Waals surface area contributed by atoms with Gasteiger partial charge in [-0.2, -0.15) is 0 Å². The van der Waals surface area contributed by atoms with Crippen molar-refractivity contribution in [3.8, 4) is 11.8 Å². The zero-order valence-corrected chi connectivity index (χ0v) is 23.3. The summed E-state index contributed by atoms with van der Waals surface area (Å²) in [7, 11) is 0. The van der Waals surface area contributed by atoms with Gasteiger partial charge in [-0.25, -0.2) is 4.79 Å². The van der Waals surface area contributed by atoms with Crippen LogP contribution < -0.4 is 0 Å². The molecule has 0 spiro atoms. The maximum atomic E-state index is 12.3. The van der Waals surface area contributed by atoms with Crippen LogP contribution in [0.15, 0.2) is 23.7 Å². The average molecular weight is 531 g/mol. The van der Waals surface area contributed by atoms with Crippen molar-refractivity contribution >= 4 is 5.97 Å². The second-order valence-corrected chi connectivity index (χ2v) is 11.3. The molecule has 0 aromatic carbocycles. The van der Waals surface area contributed by atoms with Gasteiger partial charge in [0.1, 0.15) is 0 Å². The number of carboxylic acid groups (broad SMARTS) is 1. The van der Waals surface area contributed by atoms with E-state index < -0.39 is 18.5 Å². The lowest BCUT2D eigenvalue weighted by Gasteiger charge is -2.27. The first kappa shape index (κ1) is 29.0. The normalized spacial score (nSPS) is 32.5. The number of carbonyl (C=O) groups is 1. The molecular weight excluding hydrogens is 484 g/mol. The second-order valence-electron chi connectivity index (χ2n) is 11.3. The van der Waals surface area contributed by atoms with Crippen molar-refractivity contribution in [3.63, 3.8) is 0 Å². The summed E-state index contributed by atoms with van der Waals surface area (Å²) in [6.45, 7) is 9.67. The van der Waals surface area contributed by atoms with E-state index in [1.807, 2.05) is 6.92 Å². The zero-order chi connectivity index (χ0) is 26.9. The summed E-state index contributed by atoms with van der Waals surface area (Å²) in [5, 5.41) is 10.0. The number of hydrogen-bond acceptors (Lipinski definition) is 6. The van der Waals surface area contributed by atoms with Gasteiger partial charge in [0.25, 0.3) is 0 Å². The van der Waals surface area contributed by atoms with E-state index in [0.29, 0.717) is 49.6 Å². The Bertz CT molecular complexity index is 888. The number of epoxide rings is 1. The predicted molar refractivity (Wildman–Crippen MR) is 144 cm³/mol. The Morgan fingerprint density at radius 1 is 1.08 bits per heavy atom. The molecule has 7 nitrogen and oxygen atoms in total. The summed E-state index contributed by atoms with van der Waals surface area (Å²) in [4.78, 5) is 12.3. The van der Waals surface area contributed by atoms with Crippen LogP contribution in [0, 0.1) is 29.6 Å². The van der Waals surface area contributed by atoms with E-state index in [9.17, 15) is 9.90 Å². The van der Waals surface area contributed by atoms with Gasteiger partial charge in [0.05, 0.1) is 25.4 Å². The summed E-state index contributed by atoms with van der Waals surface area (Å²) in [5.41, 5.74) is 1.33. The van der Waals surface area contributed by atoms with Gasteiger partial charge in [-0.3, -0.25) is 0 Å². The number of rotatable bonds is 13. The highest BCUT2D eigenvalue weighted by Crippen LogP contribution is 2.46. The Hall–Kier alpha value is -2.01. The summed E-state index contributed by atoms with van der Waals surface area (Å²) in [6, 6.07) is 0. The molecule has 4 aliphatic rings. The molecule has 1 aliphatic carbocycles. The SMILES string of the molecule is C=C1CC[C@H](CCCC(C)C#CC)[C@H]1C[C@H]1OC1CC(OC1CCCCO1)=C(OC1CCCCO1)C(=O)O. The standard InChI is InChI=1S/C31H46O7/c1-4-10-21(2)11-9-12-23-16-15-22(3)24(23)19-25-26(36-25)20-27(37-28-13-5-7-17-34-28)30(31(32)33)38-29-14-6-8-18-35-29/h21,23-26,28-29H,3,5-9,11-20H2,1-2H3,(H,32,33)/t21?,23-,24-,25+,26?,28?,29?/m0/s1. The number of hydrogen-bond donors (Lipinski definition) is 1. The van der Waals surface area contributed by atoms with Crippen LogP contribution in [0.25, 0.3) is 0 Å². The van der Waals surface area contributed by atoms with Crippen molar-refractivity contribution in [2.24, 2.45) is 17.8 Å². The maximum Gasteiger partial charge on any atom is 0.374 e. The molecule has 0 amide bonds. The minimum atomic E-state index is -1.14. The van der Waals surface area contributed by atoms with Gasteiger partial charge >= 0.3 is 5.97 Å². The molecule has 4 unspecified atom stereocenters. The molecule has 38 heavy (non-hydrogen) atoms.